The molecular weight excluding hydrogens is 222 g/mol. The molecule has 1 aromatic rings. The van der Waals surface area contributed by atoms with Gasteiger partial charge in [0.15, 0.2) is 5.75 Å². The van der Waals surface area contributed by atoms with E-state index in [-0.39, 0.29) is 11.4 Å². The fourth-order valence-electron chi connectivity index (χ4n) is 1.38. The molecule has 84 valence electrons. The van der Waals surface area contributed by atoms with Crippen LogP contribution >= 0.6 is 0 Å². The Morgan fingerprint density at radius 3 is 2.41 bits per heavy atom. The number of hydrogen-bond donors (Lipinski definition) is 0. The van der Waals surface area contributed by atoms with Gasteiger partial charge in [-0.3, -0.25) is 0 Å². The van der Waals surface area contributed by atoms with Gasteiger partial charge in [-0.1, -0.05) is 0 Å². The van der Waals surface area contributed by atoms with Crippen molar-refractivity contribution in [3.8, 4) is 12.0 Å². The smallest absolute Gasteiger partial charge is 0.292 e. The number of aliphatic imine (C=N–C) groups is 2. The van der Waals surface area contributed by atoms with Crippen molar-refractivity contribution in [3.63, 3.8) is 0 Å². The van der Waals surface area contributed by atoms with Crippen LogP contribution in [-0.4, -0.2) is 12.2 Å². The molecule has 0 saturated heterocycles. The molecule has 0 N–H and O–H groups in total. The van der Waals surface area contributed by atoms with E-state index in [2.05, 4.69) is 9.98 Å². The van der Waals surface area contributed by atoms with Crippen LogP contribution in [-0.2, 0) is 9.59 Å². The molecule has 0 saturated carbocycles. The monoisotopic (exact) mass is 229 g/mol. The zero-order valence-electron chi connectivity index (χ0n) is 9.14. The summed E-state index contributed by atoms with van der Waals surface area (Å²) < 4.78 is 4.73. The summed E-state index contributed by atoms with van der Waals surface area (Å²) in [5.74, 6) is 0.0878. The van der Waals surface area contributed by atoms with E-state index in [1.165, 1.54) is 18.4 Å². The highest BCUT2D eigenvalue weighted by molar-refractivity contribution is 5.72. The Hall–Kier alpha value is -2.73. The summed E-state index contributed by atoms with van der Waals surface area (Å²) in [6, 6.07) is 1.54. The van der Waals surface area contributed by atoms with E-state index in [0.29, 0.717) is 16.8 Å². The van der Waals surface area contributed by atoms with Gasteiger partial charge in [-0.2, -0.15) is 9.98 Å². The Morgan fingerprint density at radius 1 is 1.24 bits per heavy atom. The van der Waals surface area contributed by atoms with Crippen LogP contribution in [0.2, 0.25) is 0 Å². The largest absolute Gasteiger partial charge is 0.385 e. The summed E-state index contributed by atoms with van der Waals surface area (Å²) in [5, 5.41) is 8.53. The third kappa shape index (κ3) is 2.44. The first kappa shape index (κ1) is 12.3. The molecule has 0 spiro atoms. The van der Waals surface area contributed by atoms with Gasteiger partial charge in [0.25, 0.3) is 6.26 Å². The fraction of sp³-hybridized carbons (Fsp3) is 0.182. The molecule has 0 heterocycles. The molecule has 0 aliphatic carbocycles. The maximum absolute atomic E-state index is 10.3. The van der Waals surface area contributed by atoms with E-state index in [9.17, 15) is 9.59 Å². The number of nitriles is 1. The first-order chi connectivity index (χ1) is 8.15. The third-order valence-corrected chi connectivity index (χ3v) is 2.14. The second-order valence-electron chi connectivity index (χ2n) is 3.11. The van der Waals surface area contributed by atoms with E-state index in [4.69, 9.17) is 10.00 Å². The zero-order valence-corrected chi connectivity index (χ0v) is 9.14. The summed E-state index contributed by atoms with van der Waals surface area (Å²) >= 11 is 0. The van der Waals surface area contributed by atoms with Gasteiger partial charge >= 0.3 is 0 Å². The molecule has 0 unspecified atom stereocenters. The van der Waals surface area contributed by atoms with Crippen molar-refractivity contribution in [2.24, 2.45) is 9.98 Å². The van der Waals surface area contributed by atoms with Crippen molar-refractivity contribution in [1.82, 2.24) is 0 Å². The van der Waals surface area contributed by atoms with Gasteiger partial charge in [-0.25, -0.2) is 9.59 Å². The first-order valence-electron chi connectivity index (χ1n) is 4.51. The van der Waals surface area contributed by atoms with E-state index < -0.39 is 0 Å². The second-order valence-corrected chi connectivity index (χ2v) is 3.11. The van der Waals surface area contributed by atoms with Crippen LogP contribution < -0.4 is 4.74 Å². The molecule has 1 rings (SSSR count). The maximum Gasteiger partial charge on any atom is 0.292 e. The zero-order chi connectivity index (χ0) is 12.8. The van der Waals surface area contributed by atoms with Crippen LogP contribution in [0.3, 0.4) is 0 Å². The normalized spacial score (nSPS) is 8.53. The highest BCUT2D eigenvalue weighted by Crippen LogP contribution is 2.39. The number of benzene rings is 1. The van der Waals surface area contributed by atoms with Crippen molar-refractivity contribution >= 4 is 23.5 Å². The lowest BCUT2D eigenvalue weighted by atomic mass is 10.1. The van der Waals surface area contributed by atoms with Crippen molar-refractivity contribution < 1.29 is 14.3 Å². The van der Waals surface area contributed by atoms with Gasteiger partial charge in [0.05, 0.1) is 5.69 Å². The van der Waals surface area contributed by atoms with Crippen LogP contribution in [0, 0.1) is 25.4 Å². The van der Waals surface area contributed by atoms with Gasteiger partial charge in [0.1, 0.15) is 5.69 Å². The molecule has 6 nitrogen and oxygen atoms in total. The Bertz CT molecular complexity index is 589. The number of aryl methyl sites for hydroxylation is 1. The Kier molecular flexibility index (Phi) is 3.91. The van der Waals surface area contributed by atoms with Crippen molar-refractivity contribution in [2.45, 2.75) is 13.8 Å². The summed E-state index contributed by atoms with van der Waals surface area (Å²) in [7, 11) is 0. The minimum Gasteiger partial charge on any atom is -0.385 e. The summed E-state index contributed by atoms with van der Waals surface area (Å²) in [6.07, 6.45) is 4.27. The van der Waals surface area contributed by atoms with Gasteiger partial charge in [0.2, 0.25) is 12.2 Å². The number of ether oxygens (including phenoxy) is 1. The summed E-state index contributed by atoms with van der Waals surface area (Å²) in [6.45, 7) is 3.23. The number of hydrogen-bond acceptors (Lipinski definition) is 6. The lowest BCUT2D eigenvalue weighted by Crippen LogP contribution is -1.90. The van der Waals surface area contributed by atoms with Crippen molar-refractivity contribution in [3.05, 3.63) is 17.2 Å². The number of rotatable bonds is 3. The topological polar surface area (TPSA) is 91.9 Å². The highest BCUT2D eigenvalue weighted by Gasteiger charge is 2.15. The molecule has 0 fully saturated rings. The summed E-state index contributed by atoms with van der Waals surface area (Å²) in [4.78, 5) is 27.5. The fourth-order valence-corrected chi connectivity index (χ4v) is 1.38. The standard InChI is InChI=1S/C11H7N3O3/c1-7-3-9(13-5-15)8(2)11(17-4-12)10(7)14-6-16/h3H,1-2H3. The number of nitrogens with zero attached hydrogens (tertiary/aromatic N) is 3. The Labute approximate surface area is 96.9 Å². The van der Waals surface area contributed by atoms with Gasteiger partial charge in [-0.05, 0) is 25.5 Å². The Balaban J connectivity index is 3.64. The van der Waals surface area contributed by atoms with E-state index in [1.54, 1.807) is 19.9 Å². The van der Waals surface area contributed by atoms with Crippen molar-refractivity contribution in [2.75, 3.05) is 0 Å². The average molecular weight is 229 g/mol. The van der Waals surface area contributed by atoms with E-state index >= 15 is 0 Å². The average Bonchev–Trinajstić information content (AvgIpc) is 2.30. The van der Waals surface area contributed by atoms with Crippen LogP contribution in [0.15, 0.2) is 16.1 Å². The van der Waals surface area contributed by atoms with Gasteiger partial charge < -0.3 is 4.74 Å². The minimum atomic E-state index is 0.0878. The predicted octanol–water partition coefficient (Wildman–Crippen LogP) is 2.10. The predicted molar refractivity (Wildman–Crippen MR) is 57.7 cm³/mol. The second kappa shape index (κ2) is 5.38. The molecule has 0 aromatic heterocycles. The molecule has 0 amide bonds. The molecule has 0 bridgehead atoms. The van der Waals surface area contributed by atoms with Crippen LogP contribution in [0.4, 0.5) is 11.4 Å². The van der Waals surface area contributed by atoms with E-state index in [1.807, 2.05) is 0 Å². The molecular formula is C11H7N3O3. The van der Waals surface area contributed by atoms with Crippen LogP contribution in [0.5, 0.6) is 5.75 Å². The minimum absolute atomic E-state index is 0.0878. The SMILES string of the molecule is Cc1cc(N=C=O)c(C)c(OC#N)c1N=C=O. The molecule has 0 aliphatic heterocycles. The van der Waals surface area contributed by atoms with Crippen LogP contribution in [0.1, 0.15) is 11.1 Å². The molecule has 6 heteroatoms. The van der Waals surface area contributed by atoms with E-state index in [0.717, 1.165) is 0 Å². The van der Waals surface area contributed by atoms with Gasteiger partial charge in [-0.15, -0.1) is 5.26 Å². The van der Waals surface area contributed by atoms with Crippen LogP contribution in [0.25, 0.3) is 0 Å². The lowest BCUT2D eigenvalue weighted by molar-refractivity contribution is 0.504. The molecule has 17 heavy (non-hydrogen) atoms. The molecule has 1 aromatic carbocycles. The quantitative estimate of drug-likeness (QED) is 0.450. The Morgan fingerprint density at radius 2 is 1.88 bits per heavy atom. The first-order valence-corrected chi connectivity index (χ1v) is 4.51. The highest BCUT2D eigenvalue weighted by atomic mass is 16.5. The molecule has 0 aliphatic rings. The van der Waals surface area contributed by atoms with Gasteiger partial charge in [0, 0.05) is 5.56 Å². The lowest BCUT2D eigenvalue weighted by Gasteiger charge is -2.09. The molecule has 0 radical (unpaired) electrons. The third-order valence-electron chi connectivity index (χ3n) is 2.14. The maximum atomic E-state index is 10.3. The molecule has 0 atom stereocenters. The number of carbonyl (C=O) groups excluding carboxylic acids is 2. The van der Waals surface area contributed by atoms with Crippen molar-refractivity contribution in [1.29, 1.82) is 5.26 Å². The summed E-state index contributed by atoms with van der Waals surface area (Å²) in [5.41, 5.74) is 1.48. The number of isocyanates is 2.